The maximum Gasteiger partial charge on any atom is 0.325 e. The van der Waals surface area contributed by atoms with Crippen LogP contribution < -0.4 is 5.32 Å². The number of aromatic nitrogens is 2. The van der Waals surface area contributed by atoms with Crippen LogP contribution in [0.2, 0.25) is 0 Å². The fourth-order valence-electron chi connectivity index (χ4n) is 2.06. The molecule has 1 aliphatic rings. The van der Waals surface area contributed by atoms with Gasteiger partial charge in [-0.05, 0) is 31.7 Å². The van der Waals surface area contributed by atoms with Crippen molar-refractivity contribution in [3.05, 3.63) is 12.4 Å². The fraction of sp³-hybridized carbons (Fsp3) is 0.667. The van der Waals surface area contributed by atoms with E-state index in [0.717, 1.165) is 31.0 Å². The first-order chi connectivity index (χ1) is 8.69. The lowest BCUT2D eigenvalue weighted by Gasteiger charge is -2.30. The van der Waals surface area contributed by atoms with Crippen LogP contribution in [0.5, 0.6) is 0 Å². The van der Waals surface area contributed by atoms with E-state index in [9.17, 15) is 9.90 Å². The molecule has 3 N–H and O–H groups in total. The predicted molar refractivity (Wildman–Crippen MR) is 70.7 cm³/mol. The fourth-order valence-corrected chi connectivity index (χ4v) is 3.17. The number of carboxylic acid groups (broad SMARTS) is 1. The van der Waals surface area contributed by atoms with Gasteiger partial charge in [-0.25, -0.2) is 4.98 Å². The van der Waals surface area contributed by atoms with Gasteiger partial charge in [0.2, 0.25) is 0 Å². The van der Waals surface area contributed by atoms with Gasteiger partial charge in [-0.15, -0.1) is 0 Å². The van der Waals surface area contributed by atoms with Crippen molar-refractivity contribution in [2.45, 2.75) is 36.9 Å². The number of nitrogens with one attached hydrogen (secondary N) is 2. The number of thioether (sulfide) groups is 1. The normalized spacial score (nSPS) is 18.5. The van der Waals surface area contributed by atoms with Crippen LogP contribution in [-0.4, -0.2) is 38.9 Å². The summed E-state index contributed by atoms with van der Waals surface area (Å²) in [5, 5.41) is 13.6. The van der Waals surface area contributed by atoms with E-state index in [1.54, 1.807) is 12.4 Å². The third-order valence-electron chi connectivity index (χ3n) is 3.26. The average molecular weight is 269 g/mol. The standard InChI is InChI=1S/C12H19N3O2S/c1-2-5-15-12(10(16)17,9-3-4-9)8-18-11-13-6-7-14-11/h6-7,9,15H,2-5,8H2,1H3,(H,13,14)(H,16,17). The first-order valence-electron chi connectivity index (χ1n) is 6.29. The van der Waals surface area contributed by atoms with E-state index in [1.165, 1.54) is 11.8 Å². The van der Waals surface area contributed by atoms with Gasteiger partial charge >= 0.3 is 5.97 Å². The molecule has 0 radical (unpaired) electrons. The minimum atomic E-state index is -0.798. The third-order valence-corrected chi connectivity index (χ3v) is 4.35. The zero-order valence-electron chi connectivity index (χ0n) is 10.5. The van der Waals surface area contributed by atoms with Crippen LogP contribution in [0, 0.1) is 5.92 Å². The molecule has 1 atom stereocenters. The van der Waals surface area contributed by atoms with Gasteiger partial charge in [0.15, 0.2) is 5.16 Å². The number of carboxylic acids is 1. The van der Waals surface area contributed by atoms with E-state index in [0.29, 0.717) is 5.75 Å². The molecule has 0 bridgehead atoms. The molecule has 6 heteroatoms. The molecule has 1 aromatic heterocycles. The quantitative estimate of drug-likeness (QED) is 0.627. The second-order valence-corrected chi connectivity index (χ2v) is 5.62. The van der Waals surface area contributed by atoms with E-state index in [4.69, 9.17) is 0 Å². The highest BCUT2D eigenvalue weighted by Gasteiger charge is 2.50. The number of nitrogens with zero attached hydrogens (tertiary/aromatic N) is 1. The molecule has 0 amide bonds. The van der Waals surface area contributed by atoms with Crippen LogP contribution in [0.4, 0.5) is 0 Å². The van der Waals surface area contributed by atoms with Crippen molar-refractivity contribution in [1.29, 1.82) is 0 Å². The predicted octanol–water partition coefficient (Wildman–Crippen LogP) is 1.73. The summed E-state index contributed by atoms with van der Waals surface area (Å²) in [6, 6.07) is 0. The Kier molecular flexibility index (Phi) is 4.29. The molecule has 1 saturated carbocycles. The number of carbonyl (C=O) groups is 1. The zero-order chi connectivity index (χ0) is 13.0. The summed E-state index contributed by atoms with van der Waals surface area (Å²) >= 11 is 1.47. The molecule has 18 heavy (non-hydrogen) atoms. The van der Waals surface area contributed by atoms with Gasteiger partial charge < -0.3 is 15.4 Å². The van der Waals surface area contributed by atoms with Gasteiger partial charge in [0.05, 0.1) is 0 Å². The molecule has 1 aliphatic carbocycles. The topological polar surface area (TPSA) is 78.0 Å². The minimum Gasteiger partial charge on any atom is -0.480 e. The first kappa shape index (κ1) is 13.4. The number of imidazole rings is 1. The number of aliphatic carboxylic acids is 1. The Balaban J connectivity index is 2.04. The summed E-state index contributed by atoms with van der Waals surface area (Å²) in [7, 11) is 0. The number of aromatic amines is 1. The van der Waals surface area contributed by atoms with Crippen LogP contribution in [0.1, 0.15) is 26.2 Å². The molecule has 1 aromatic rings. The smallest absolute Gasteiger partial charge is 0.325 e. The molecule has 1 fully saturated rings. The lowest BCUT2D eigenvalue weighted by atomic mass is 9.95. The third kappa shape index (κ3) is 2.87. The Morgan fingerprint density at radius 3 is 3.00 bits per heavy atom. The molecule has 0 spiro atoms. The highest BCUT2D eigenvalue weighted by atomic mass is 32.2. The monoisotopic (exact) mass is 269 g/mol. The molecule has 0 saturated heterocycles. The largest absolute Gasteiger partial charge is 0.480 e. The second-order valence-electron chi connectivity index (χ2n) is 4.66. The van der Waals surface area contributed by atoms with E-state index < -0.39 is 11.5 Å². The molecular formula is C12H19N3O2S. The Labute approximate surface area is 111 Å². The van der Waals surface area contributed by atoms with Crippen molar-refractivity contribution in [3.8, 4) is 0 Å². The summed E-state index contributed by atoms with van der Waals surface area (Å²) in [5.41, 5.74) is -0.798. The summed E-state index contributed by atoms with van der Waals surface area (Å²) in [6.45, 7) is 2.79. The van der Waals surface area contributed by atoms with Crippen molar-refractivity contribution < 1.29 is 9.90 Å². The van der Waals surface area contributed by atoms with Crippen molar-refractivity contribution in [1.82, 2.24) is 15.3 Å². The van der Waals surface area contributed by atoms with E-state index in [2.05, 4.69) is 15.3 Å². The number of hydrogen-bond donors (Lipinski definition) is 3. The molecule has 2 rings (SSSR count). The molecule has 0 aliphatic heterocycles. The number of H-pyrrole nitrogens is 1. The van der Waals surface area contributed by atoms with E-state index >= 15 is 0 Å². The maximum atomic E-state index is 11.7. The first-order valence-corrected chi connectivity index (χ1v) is 7.28. The van der Waals surface area contributed by atoms with Gasteiger partial charge in [-0.2, -0.15) is 0 Å². The van der Waals surface area contributed by atoms with E-state index in [-0.39, 0.29) is 5.92 Å². The van der Waals surface area contributed by atoms with Crippen molar-refractivity contribution in [2.24, 2.45) is 5.92 Å². The summed E-state index contributed by atoms with van der Waals surface area (Å²) in [4.78, 5) is 18.8. The van der Waals surface area contributed by atoms with Gasteiger partial charge in [-0.3, -0.25) is 4.79 Å². The van der Waals surface area contributed by atoms with Gasteiger partial charge in [0.1, 0.15) is 5.54 Å². The maximum absolute atomic E-state index is 11.7. The molecule has 1 heterocycles. The highest BCUT2D eigenvalue weighted by Crippen LogP contribution is 2.42. The molecule has 0 aromatic carbocycles. The van der Waals surface area contributed by atoms with Crippen molar-refractivity contribution >= 4 is 17.7 Å². The minimum absolute atomic E-state index is 0.254. The van der Waals surface area contributed by atoms with Crippen LogP contribution >= 0.6 is 11.8 Å². The van der Waals surface area contributed by atoms with E-state index in [1.807, 2.05) is 6.92 Å². The number of hydrogen-bond acceptors (Lipinski definition) is 4. The average Bonchev–Trinajstić information content (AvgIpc) is 3.07. The summed E-state index contributed by atoms with van der Waals surface area (Å²) < 4.78 is 0. The van der Waals surface area contributed by atoms with Crippen LogP contribution in [0.3, 0.4) is 0 Å². The zero-order valence-corrected chi connectivity index (χ0v) is 11.3. The van der Waals surface area contributed by atoms with Gasteiger partial charge in [0, 0.05) is 18.1 Å². The highest BCUT2D eigenvalue weighted by molar-refractivity contribution is 7.99. The molecule has 5 nitrogen and oxygen atoms in total. The number of rotatable bonds is 8. The Morgan fingerprint density at radius 2 is 2.50 bits per heavy atom. The lowest BCUT2D eigenvalue weighted by molar-refractivity contribution is -0.144. The molecular weight excluding hydrogens is 250 g/mol. The Morgan fingerprint density at radius 1 is 1.72 bits per heavy atom. The van der Waals surface area contributed by atoms with Crippen molar-refractivity contribution in [2.75, 3.05) is 12.3 Å². The molecule has 1 unspecified atom stereocenters. The summed E-state index contributed by atoms with van der Waals surface area (Å²) in [6.07, 6.45) is 6.37. The second kappa shape index (κ2) is 5.75. The summed E-state index contributed by atoms with van der Waals surface area (Å²) in [5.74, 6) is 0.0297. The van der Waals surface area contributed by atoms with Crippen LogP contribution in [0.25, 0.3) is 0 Å². The Bertz CT molecular complexity index is 392. The Hall–Kier alpha value is -1.01. The van der Waals surface area contributed by atoms with Crippen LogP contribution in [0.15, 0.2) is 17.6 Å². The van der Waals surface area contributed by atoms with Crippen LogP contribution in [-0.2, 0) is 4.79 Å². The SMILES string of the molecule is CCCNC(CSc1ncc[nH]1)(C(=O)O)C1CC1. The molecule has 100 valence electrons. The lowest BCUT2D eigenvalue weighted by Crippen LogP contribution is -2.56. The van der Waals surface area contributed by atoms with Gasteiger partial charge in [-0.1, -0.05) is 18.7 Å². The van der Waals surface area contributed by atoms with Gasteiger partial charge in [0.25, 0.3) is 0 Å². The van der Waals surface area contributed by atoms with Crippen molar-refractivity contribution in [3.63, 3.8) is 0 Å².